The Morgan fingerprint density at radius 1 is 0.800 bits per heavy atom. The second-order valence-electron chi connectivity index (χ2n) is 8.33. The predicted molar refractivity (Wildman–Crippen MR) is 96.0 cm³/mol. The van der Waals surface area contributed by atoms with Crippen LogP contribution in [0.2, 0.25) is 0 Å². The highest BCUT2D eigenvalue weighted by atomic mass is 19.2. The molecule has 2 saturated carbocycles. The number of unbranched alkanes of at least 4 members (excludes halogenated alkanes) is 1. The summed E-state index contributed by atoms with van der Waals surface area (Å²) in [5.74, 6) is -0.708. The number of benzene rings is 1. The van der Waals surface area contributed by atoms with E-state index < -0.39 is 17.5 Å². The van der Waals surface area contributed by atoms with Crippen LogP contribution in [0.5, 0.6) is 0 Å². The molecule has 0 unspecified atom stereocenters. The molecule has 0 aliphatic heterocycles. The highest BCUT2D eigenvalue weighted by molar-refractivity contribution is 5.23. The minimum atomic E-state index is -1.35. The molecule has 0 bridgehead atoms. The van der Waals surface area contributed by atoms with E-state index in [1.165, 1.54) is 57.1 Å². The van der Waals surface area contributed by atoms with Crippen LogP contribution in [0, 0.1) is 35.2 Å². The average molecular weight is 352 g/mol. The molecule has 2 aliphatic rings. The van der Waals surface area contributed by atoms with Gasteiger partial charge in [0, 0.05) is 0 Å². The second-order valence-corrected chi connectivity index (χ2v) is 8.33. The predicted octanol–water partition coefficient (Wildman–Crippen LogP) is 7.37. The van der Waals surface area contributed by atoms with Crippen LogP contribution in [0.3, 0.4) is 0 Å². The number of hydrogen-bond donors (Lipinski definition) is 0. The van der Waals surface area contributed by atoms with Gasteiger partial charge in [-0.1, -0.05) is 39.0 Å². The van der Waals surface area contributed by atoms with E-state index in [4.69, 9.17) is 0 Å². The summed E-state index contributed by atoms with van der Waals surface area (Å²) in [6.45, 7) is 2.27. The summed E-state index contributed by atoms with van der Waals surface area (Å²) in [7, 11) is 0. The summed E-state index contributed by atoms with van der Waals surface area (Å²) in [6.07, 6.45) is 13.8. The summed E-state index contributed by atoms with van der Waals surface area (Å²) in [6, 6.07) is 2.39. The van der Waals surface area contributed by atoms with Crippen molar-refractivity contribution in [1.82, 2.24) is 0 Å². The van der Waals surface area contributed by atoms with Crippen molar-refractivity contribution >= 4 is 0 Å². The molecule has 140 valence electrons. The Morgan fingerprint density at radius 3 is 1.84 bits per heavy atom. The standard InChI is InChI=1S/C22H31F3/c1-2-3-4-15-5-7-16(8-6-15)17-9-11-18(12-10-17)19-13-20(23)22(25)21(24)14-19/h13-18H,2-12H2,1H3/t15-,16-,17-,18-. The lowest BCUT2D eigenvalue weighted by Crippen LogP contribution is -2.25. The Morgan fingerprint density at radius 2 is 1.32 bits per heavy atom. The first-order valence-corrected chi connectivity index (χ1v) is 10.2. The Bertz CT molecular complexity index is 529. The molecule has 3 heteroatoms. The molecule has 0 heterocycles. The fourth-order valence-electron chi connectivity index (χ4n) is 5.18. The fraction of sp³-hybridized carbons (Fsp3) is 0.727. The van der Waals surface area contributed by atoms with Gasteiger partial charge in [0.05, 0.1) is 0 Å². The molecule has 0 saturated heterocycles. The molecule has 0 radical (unpaired) electrons. The van der Waals surface area contributed by atoms with Gasteiger partial charge in [0.25, 0.3) is 0 Å². The Hall–Kier alpha value is -0.990. The minimum absolute atomic E-state index is 0.182. The molecule has 1 aromatic carbocycles. The first-order valence-electron chi connectivity index (χ1n) is 10.2. The molecule has 0 atom stereocenters. The normalized spacial score (nSPS) is 30.4. The Labute approximate surface area is 150 Å². The van der Waals surface area contributed by atoms with Gasteiger partial charge in [-0.3, -0.25) is 0 Å². The molecule has 0 spiro atoms. The molecule has 25 heavy (non-hydrogen) atoms. The maximum atomic E-state index is 13.5. The molecule has 0 nitrogen and oxygen atoms in total. The van der Waals surface area contributed by atoms with Crippen LogP contribution in [0.4, 0.5) is 13.2 Å². The third kappa shape index (κ3) is 4.60. The Kier molecular flexibility index (Phi) is 6.46. The first-order chi connectivity index (χ1) is 12.1. The van der Waals surface area contributed by atoms with Gasteiger partial charge in [0.2, 0.25) is 0 Å². The van der Waals surface area contributed by atoms with Crippen LogP contribution in [0.1, 0.15) is 89.0 Å². The topological polar surface area (TPSA) is 0 Å². The maximum Gasteiger partial charge on any atom is 0.194 e. The summed E-state index contributed by atoms with van der Waals surface area (Å²) in [4.78, 5) is 0. The maximum absolute atomic E-state index is 13.5. The first kappa shape index (κ1) is 18.8. The SMILES string of the molecule is CCCC[C@H]1CC[C@H]([C@H]2CC[C@H](c3cc(F)c(F)c(F)c3)CC2)CC1. The van der Waals surface area contributed by atoms with Crippen LogP contribution >= 0.6 is 0 Å². The van der Waals surface area contributed by atoms with Gasteiger partial charge >= 0.3 is 0 Å². The summed E-state index contributed by atoms with van der Waals surface area (Å²) < 4.78 is 40.1. The van der Waals surface area contributed by atoms with Gasteiger partial charge in [0.1, 0.15) is 0 Å². The van der Waals surface area contributed by atoms with Crippen LogP contribution in [0.15, 0.2) is 12.1 Å². The van der Waals surface area contributed by atoms with Crippen LogP contribution < -0.4 is 0 Å². The van der Waals surface area contributed by atoms with E-state index >= 15 is 0 Å². The van der Waals surface area contributed by atoms with Crippen molar-refractivity contribution in [2.45, 2.75) is 83.5 Å². The summed E-state index contributed by atoms with van der Waals surface area (Å²) in [5.41, 5.74) is 0.637. The van der Waals surface area contributed by atoms with Crippen molar-refractivity contribution in [3.05, 3.63) is 35.1 Å². The van der Waals surface area contributed by atoms with E-state index in [1.807, 2.05) is 0 Å². The smallest absolute Gasteiger partial charge is 0.194 e. The van der Waals surface area contributed by atoms with E-state index in [-0.39, 0.29) is 5.92 Å². The highest BCUT2D eigenvalue weighted by Gasteiger charge is 2.31. The summed E-state index contributed by atoms with van der Waals surface area (Å²) in [5, 5.41) is 0. The van der Waals surface area contributed by atoms with Gasteiger partial charge in [-0.15, -0.1) is 0 Å². The van der Waals surface area contributed by atoms with E-state index in [0.29, 0.717) is 5.56 Å². The molecule has 0 aromatic heterocycles. The lowest BCUT2D eigenvalue weighted by atomic mass is 9.68. The third-order valence-electron chi connectivity index (χ3n) is 6.77. The van der Waals surface area contributed by atoms with Gasteiger partial charge < -0.3 is 0 Å². The van der Waals surface area contributed by atoms with Crippen molar-refractivity contribution in [2.75, 3.05) is 0 Å². The average Bonchev–Trinajstić information content (AvgIpc) is 2.64. The van der Waals surface area contributed by atoms with Gasteiger partial charge in [-0.2, -0.15) is 0 Å². The fourth-order valence-corrected chi connectivity index (χ4v) is 5.18. The quantitative estimate of drug-likeness (QED) is 0.485. The zero-order valence-electron chi connectivity index (χ0n) is 15.4. The van der Waals surface area contributed by atoms with Crippen molar-refractivity contribution in [1.29, 1.82) is 0 Å². The second kappa shape index (κ2) is 8.60. The van der Waals surface area contributed by atoms with E-state index in [0.717, 1.165) is 43.4 Å². The lowest BCUT2D eigenvalue weighted by Gasteiger charge is -2.38. The Balaban J connectivity index is 1.49. The number of rotatable bonds is 5. The van der Waals surface area contributed by atoms with E-state index in [2.05, 4.69) is 6.92 Å². The molecule has 1 aromatic rings. The molecule has 2 aliphatic carbocycles. The van der Waals surface area contributed by atoms with Gasteiger partial charge in [-0.05, 0) is 79.9 Å². The van der Waals surface area contributed by atoms with Crippen LogP contribution in [-0.2, 0) is 0 Å². The molecular formula is C22H31F3. The van der Waals surface area contributed by atoms with Gasteiger partial charge in [-0.25, -0.2) is 13.2 Å². The largest absolute Gasteiger partial charge is 0.204 e. The zero-order chi connectivity index (χ0) is 17.8. The lowest BCUT2D eigenvalue weighted by molar-refractivity contribution is 0.155. The molecular weight excluding hydrogens is 321 g/mol. The van der Waals surface area contributed by atoms with E-state index in [1.54, 1.807) is 0 Å². The molecule has 0 amide bonds. The monoisotopic (exact) mass is 352 g/mol. The van der Waals surface area contributed by atoms with Gasteiger partial charge in [0.15, 0.2) is 17.5 Å². The number of hydrogen-bond acceptors (Lipinski definition) is 0. The zero-order valence-corrected chi connectivity index (χ0v) is 15.4. The van der Waals surface area contributed by atoms with Crippen LogP contribution in [0.25, 0.3) is 0 Å². The molecule has 2 fully saturated rings. The van der Waals surface area contributed by atoms with Crippen molar-refractivity contribution in [2.24, 2.45) is 17.8 Å². The van der Waals surface area contributed by atoms with Crippen molar-refractivity contribution < 1.29 is 13.2 Å². The third-order valence-corrected chi connectivity index (χ3v) is 6.77. The van der Waals surface area contributed by atoms with E-state index in [9.17, 15) is 13.2 Å². The molecule has 0 N–H and O–H groups in total. The number of halogens is 3. The van der Waals surface area contributed by atoms with Crippen LogP contribution in [-0.4, -0.2) is 0 Å². The molecule has 3 rings (SSSR count). The summed E-state index contributed by atoms with van der Waals surface area (Å²) >= 11 is 0. The van der Waals surface area contributed by atoms with Crippen molar-refractivity contribution in [3.8, 4) is 0 Å². The minimum Gasteiger partial charge on any atom is -0.204 e. The highest BCUT2D eigenvalue weighted by Crippen LogP contribution is 2.44. The van der Waals surface area contributed by atoms with Crippen molar-refractivity contribution in [3.63, 3.8) is 0 Å².